The molecule has 2 rings (SSSR count). The van der Waals surface area contributed by atoms with Crippen LogP contribution in [-0.2, 0) is 6.42 Å². The van der Waals surface area contributed by atoms with Crippen molar-refractivity contribution >= 4 is 11.6 Å². The summed E-state index contributed by atoms with van der Waals surface area (Å²) in [5, 5.41) is 11.4. The number of hydrogen-bond acceptors (Lipinski definition) is 2. The molecule has 0 amide bonds. The molecule has 1 atom stereocenters. The largest absolute Gasteiger partial charge is 0.710 e. The van der Waals surface area contributed by atoms with E-state index in [9.17, 15) is 5.21 Å². The van der Waals surface area contributed by atoms with Gasteiger partial charge in [0.2, 0.25) is 0 Å². The van der Waals surface area contributed by atoms with Crippen LogP contribution in [-0.4, -0.2) is 4.98 Å². The van der Waals surface area contributed by atoms with Crippen LogP contribution < -0.4 is 4.73 Å². The number of fused-ring (bicyclic) bond motifs is 1. The Labute approximate surface area is 75.6 Å². The fourth-order valence-electron chi connectivity index (χ4n) is 1.64. The molecule has 1 aliphatic rings. The van der Waals surface area contributed by atoms with E-state index in [1.54, 1.807) is 6.20 Å². The molecule has 0 spiro atoms. The third-order valence-corrected chi connectivity index (χ3v) is 2.65. The van der Waals surface area contributed by atoms with Crippen LogP contribution in [0.4, 0.5) is 0 Å². The minimum atomic E-state index is 0.0304. The van der Waals surface area contributed by atoms with Gasteiger partial charge in [0.05, 0.1) is 0 Å². The van der Waals surface area contributed by atoms with Crippen molar-refractivity contribution in [1.29, 1.82) is 0 Å². The molecule has 0 radical (unpaired) electrons. The van der Waals surface area contributed by atoms with Crippen LogP contribution in [0.3, 0.4) is 0 Å². The molecular weight excluding hydrogens is 176 g/mol. The average molecular weight is 185 g/mol. The molecule has 64 valence electrons. The molecule has 0 aromatic carbocycles. The Kier molecular flexibility index (Phi) is 1.68. The number of hydrogen-bond donors (Lipinski definition) is 0. The number of nitrogens with zero attached hydrogens (tertiary/aromatic N) is 2. The van der Waals surface area contributed by atoms with Gasteiger partial charge < -0.3 is 5.21 Å². The van der Waals surface area contributed by atoms with Crippen LogP contribution in [0.2, 0.25) is 5.28 Å². The van der Waals surface area contributed by atoms with Crippen LogP contribution in [0.15, 0.2) is 6.20 Å². The zero-order chi connectivity index (χ0) is 8.72. The second-order valence-corrected chi connectivity index (χ2v) is 3.50. The molecule has 0 bridgehead atoms. The van der Waals surface area contributed by atoms with Crippen molar-refractivity contribution in [3.8, 4) is 0 Å². The van der Waals surface area contributed by atoms with Crippen molar-refractivity contribution in [3.63, 3.8) is 0 Å². The molecule has 12 heavy (non-hydrogen) atoms. The van der Waals surface area contributed by atoms with E-state index < -0.39 is 0 Å². The molecule has 1 heterocycles. The first-order valence-electron chi connectivity index (χ1n) is 3.97. The SMILES string of the molecule is CC1CCc2c1cnc(Cl)[n+]2[O-]. The smallest absolute Gasteiger partial charge is 0.399 e. The summed E-state index contributed by atoms with van der Waals surface area (Å²) < 4.78 is 0.736. The predicted molar refractivity (Wildman–Crippen MR) is 44.9 cm³/mol. The second-order valence-electron chi connectivity index (χ2n) is 3.16. The van der Waals surface area contributed by atoms with Gasteiger partial charge in [0.1, 0.15) is 11.9 Å². The maximum Gasteiger partial charge on any atom is 0.399 e. The summed E-state index contributed by atoms with van der Waals surface area (Å²) in [7, 11) is 0. The highest BCUT2D eigenvalue weighted by atomic mass is 35.5. The Hall–Kier alpha value is -0.830. The molecule has 0 saturated heterocycles. The molecule has 1 unspecified atom stereocenters. The number of aromatic nitrogens is 2. The van der Waals surface area contributed by atoms with Gasteiger partial charge in [0, 0.05) is 23.6 Å². The summed E-state index contributed by atoms with van der Waals surface area (Å²) in [6.07, 6.45) is 3.56. The molecule has 4 heteroatoms. The van der Waals surface area contributed by atoms with E-state index in [1.807, 2.05) is 0 Å². The summed E-state index contributed by atoms with van der Waals surface area (Å²) in [4.78, 5) is 3.82. The Morgan fingerprint density at radius 1 is 1.75 bits per heavy atom. The van der Waals surface area contributed by atoms with Crippen molar-refractivity contribution in [2.24, 2.45) is 0 Å². The maximum absolute atomic E-state index is 11.3. The van der Waals surface area contributed by atoms with E-state index in [1.165, 1.54) is 0 Å². The van der Waals surface area contributed by atoms with Gasteiger partial charge in [0.15, 0.2) is 0 Å². The molecular formula is C8H9ClN2O. The lowest BCUT2D eigenvalue weighted by Gasteiger charge is -2.07. The van der Waals surface area contributed by atoms with E-state index in [0.29, 0.717) is 5.92 Å². The lowest BCUT2D eigenvalue weighted by Crippen LogP contribution is -2.34. The van der Waals surface area contributed by atoms with Crippen molar-refractivity contribution in [2.45, 2.75) is 25.7 Å². The maximum atomic E-state index is 11.3. The molecule has 1 aliphatic carbocycles. The fourth-order valence-corrected chi connectivity index (χ4v) is 1.80. The molecule has 0 saturated carbocycles. The van der Waals surface area contributed by atoms with Crippen LogP contribution >= 0.6 is 11.6 Å². The first-order valence-corrected chi connectivity index (χ1v) is 4.35. The molecule has 1 aromatic rings. The lowest BCUT2D eigenvalue weighted by atomic mass is 10.1. The second kappa shape index (κ2) is 2.59. The Morgan fingerprint density at radius 3 is 3.25 bits per heavy atom. The van der Waals surface area contributed by atoms with Gasteiger partial charge in [-0.1, -0.05) is 6.92 Å². The van der Waals surface area contributed by atoms with Crippen molar-refractivity contribution in [3.05, 3.63) is 27.9 Å². The highest BCUT2D eigenvalue weighted by Crippen LogP contribution is 2.29. The molecule has 3 nitrogen and oxygen atoms in total. The normalized spacial score (nSPS) is 21.0. The topological polar surface area (TPSA) is 39.8 Å². The van der Waals surface area contributed by atoms with Crippen molar-refractivity contribution < 1.29 is 4.73 Å². The average Bonchev–Trinajstić information content (AvgIpc) is 2.41. The Balaban J connectivity index is 2.60. The molecule has 0 aliphatic heterocycles. The monoisotopic (exact) mass is 184 g/mol. The molecule has 0 N–H and O–H groups in total. The highest BCUT2D eigenvalue weighted by molar-refractivity contribution is 6.27. The zero-order valence-electron chi connectivity index (χ0n) is 6.75. The zero-order valence-corrected chi connectivity index (χ0v) is 7.51. The fraction of sp³-hybridized carbons (Fsp3) is 0.500. The summed E-state index contributed by atoms with van der Waals surface area (Å²) in [6.45, 7) is 2.10. The minimum absolute atomic E-state index is 0.0304. The van der Waals surface area contributed by atoms with E-state index >= 15 is 0 Å². The Morgan fingerprint density at radius 2 is 2.50 bits per heavy atom. The van der Waals surface area contributed by atoms with Crippen LogP contribution in [0.25, 0.3) is 0 Å². The van der Waals surface area contributed by atoms with Crippen LogP contribution in [0.1, 0.15) is 30.5 Å². The van der Waals surface area contributed by atoms with Gasteiger partial charge in [-0.25, -0.2) is 4.73 Å². The van der Waals surface area contributed by atoms with Crippen LogP contribution in [0, 0.1) is 5.21 Å². The first kappa shape index (κ1) is 7.80. The lowest BCUT2D eigenvalue weighted by molar-refractivity contribution is -0.614. The van der Waals surface area contributed by atoms with Gasteiger partial charge in [-0.2, -0.15) is 0 Å². The number of rotatable bonds is 0. The quantitative estimate of drug-likeness (QED) is 0.348. The summed E-state index contributed by atoms with van der Waals surface area (Å²) >= 11 is 5.58. The first-order chi connectivity index (χ1) is 5.70. The third kappa shape index (κ3) is 0.966. The van der Waals surface area contributed by atoms with Crippen molar-refractivity contribution in [2.75, 3.05) is 0 Å². The number of halogens is 1. The standard InChI is InChI=1S/C8H9ClN2O/c1-5-2-3-7-6(5)4-10-8(9)11(7)12/h4-5H,2-3H2,1H3. The van der Waals surface area contributed by atoms with E-state index in [-0.39, 0.29) is 5.28 Å². The van der Waals surface area contributed by atoms with Gasteiger partial charge in [-0.15, -0.1) is 0 Å². The van der Waals surface area contributed by atoms with Crippen LogP contribution in [0.5, 0.6) is 0 Å². The third-order valence-electron chi connectivity index (χ3n) is 2.40. The molecule has 0 fully saturated rings. The predicted octanol–water partition coefficient (Wildman–Crippen LogP) is 1.42. The summed E-state index contributed by atoms with van der Waals surface area (Å²) in [5.74, 6) is 0.449. The summed E-state index contributed by atoms with van der Waals surface area (Å²) in [5.41, 5.74) is 1.84. The van der Waals surface area contributed by atoms with Gasteiger partial charge in [-0.05, 0) is 17.3 Å². The Bertz CT molecular complexity index is 327. The minimum Gasteiger partial charge on any atom is -0.710 e. The highest BCUT2D eigenvalue weighted by Gasteiger charge is 2.25. The van der Waals surface area contributed by atoms with E-state index in [4.69, 9.17) is 11.6 Å². The molecule has 1 aromatic heterocycles. The van der Waals surface area contributed by atoms with Gasteiger partial charge >= 0.3 is 5.28 Å². The van der Waals surface area contributed by atoms with Gasteiger partial charge in [-0.3, -0.25) is 0 Å². The van der Waals surface area contributed by atoms with Crippen molar-refractivity contribution in [1.82, 2.24) is 4.98 Å². The van der Waals surface area contributed by atoms with Gasteiger partial charge in [0.25, 0.3) is 0 Å². The summed E-state index contributed by atoms with van der Waals surface area (Å²) in [6, 6.07) is 0. The van der Waals surface area contributed by atoms with E-state index in [0.717, 1.165) is 28.8 Å². The van der Waals surface area contributed by atoms with E-state index in [2.05, 4.69) is 11.9 Å².